The molecule has 0 spiro atoms. The summed E-state index contributed by atoms with van der Waals surface area (Å²) in [5.74, 6) is -1.60. The van der Waals surface area contributed by atoms with Crippen LogP contribution in [0.4, 0.5) is 5.69 Å². The first-order chi connectivity index (χ1) is 12.9. The van der Waals surface area contributed by atoms with Gasteiger partial charge in [0.1, 0.15) is 0 Å². The normalized spacial score (nSPS) is 10.1. The van der Waals surface area contributed by atoms with Crippen LogP contribution in [0.3, 0.4) is 0 Å². The molecule has 0 aliphatic heterocycles. The Hall–Kier alpha value is -2.71. The Morgan fingerprint density at radius 3 is 2.33 bits per heavy atom. The number of Topliss-reactive ketones (excluding diaryl/α,β-unsaturated/α-hetero) is 1. The van der Waals surface area contributed by atoms with Gasteiger partial charge in [-0.1, -0.05) is 11.6 Å². The van der Waals surface area contributed by atoms with Crippen LogP contribution < -0.4 is 10.6 Å². The van der Waals surface area contributed by atoms with Crippen molar-refractivity contribution in [3.63, 3.8) is 0 Å². The molecule has 1 heterocycles. The monoisotopic (exact) mass is 408 g/mol. The van der Waals surface area contributed by atoms with Crippen molar-refractivity contribution in [1.29, 1.82) is 0 Å². The summed E-state index contributed by atoms with van der Waals surface area (Å²) in [4.78, 5) is 47.3. The van der Waals surface area contributed by atoms with Gasteiger partial charge in [-0.3, -0.25) is 19.2 Å². The van der Waals surface area contributed by atoms with Gasteiger partial charge in [-0.2, -0.15) is 0 Å². The van der Waals surface area contributed by atoms with E-state index in [0.717, 1.165) is 11.3 Å². The molecule has 27 heavy (non-hydrogen) atoms. The topological polar surface area (TPSA) is 102 Å². The summed E-state index contributed by atoms with van der Waals surface area (Å²) in [6.07, 6.45) is -0.138. The van der Waals surface area contributed by atoms with E-state index in [1.807, 2.05) is 0 Å². The highest BCUT2D eigenvalue weighted by Crippen LogP contribution is 2.22. The molecule has 0 fully saturated rings. The van der Waals surface area contributed by atoms with Crippen molar-refractivity contribution < 1.29 is 23.9 Å². The maximum Gasteiger partial charge on any atom is 0.306 e. The number of amides is 2. The fraction of sp³-hybridized carbons (Fsp3) is 0.222. The standard InChI is InChI=1S/C18H17ClN2O5S/c1-20-18(25)11-2-4-12(5-3-11)21-16(23)10-26-17(24)9-6-13(22)14-7-8-15(19)27-14/h2-5,7-8H,6,9-10H2,1H3,(H,20,25)(H,21,23). The van der Waals surface area contributed by atoms with E-state index in [1.54, 1.807) is 36.4 Å². The second-order valence-electron chi connectivity index (χ2n) is 5.39. The van der Waals surface area contributed by atoms with Gasteiger partial charge in [0.25, 0.3) is 11.8 Å². The van der Waals surface area contributed by atoms with Gasteiger partial charge in [-0.05, 0) is 36.4 Å². The molecule has 0 atom stereocenters. The summed E-state index contributed by atoms with van der Waals surface area (Å²) < 4.78 is 5.36. The summed E-state index contributed by atoms with van der Waals surface area (Å²) >= 11 is 6.91. The van der Waals surface area contributed by atoms with Gasteiger partial charge in [-0.15, -0.1) is 11.3 Å². The fourth-order valence-electron chi connectivity index (χ4n) is 2.07. The number of thiophene rings is 1. The van der Waals surface area contributed by atoms with Gasteiger partial charge >= 0.3 is 5.97 Å². The lowest BCUT2D eigenvalue weighted by Crippen LogP contribution is -2.21. The van der Waals surface area contributed by atoms with Crippen molar-refractivity contribution in [2.75, 3.05) is 19.0 Å². The number of rotatable bonds is 8. The van der Waals surface area contributed by atoms with E-state index in [9.17, 15) is 19.2 Å². The summed E-state index contributed by atoms with van der Waals surface area (Å²) in [7, 11) is 1.52. The maximum atomic E-state index is 11.9. The highest BCUT2D eigenvalue weighted by molar-refractivity contribution is 7.18. The summed E-state index contributed by atoms with van der Waals surface area (Å²) in [6, 6.07) is 9.46. The molecule has 0 aliphatic carbocycles. The minimum atomic E-state index is -0.642. The van der Waals surface area contributed by atoms with Gasteiger partial charge in [0.2, 0.25) is 0 Å². The Labute approximate surface area is 164 Å². The zero-order valence-electron chi connectivity index (χ0n) is 14.4. The fourth-order valence-corrected chi connectivity index (χ4v) is 3.08. The third-order valence-electron chi connectivity index (χ3n) is 3.43. The third-order valence-corrected chi connectivity index (χ3v) is 4.70. The van der Waals surface area contributed by atoms with Crippen LogP contribution in [-0.2, 0) is 14.3 Å². The molecule has 0 radical (unpaired) electrons. The molecule has 0 saturated carbocycles. The van der Waals surface area contributed by atoms with Crippen LogP contribution in [0.1, 0.15) is 32.9 Å². The van der Waals surface area contributed by atoms with Crippen LogP contribution in [-0.4, -0.2) is 37.2 Å². The third kappa shape index (κ3) is 6.50. The van der Waals surface area contributed by atoms with E-state index >= 15 is 0 Å². The Morgan fingerprint density at radius 1 is 1.04 bits per heavy atom. The first kappa shape index (κ1) is 20.6. The average Bonchev–Trinajstić information content (AvgIpc) is 3.11. The smallest absolute Gasteiger partial charge is 0.306 e. The molecule has 0 saturated heterocycles. The van der Waals surface area contributed by atoms with Gasteiger partial charge in [0.15, 0.2) is 12.4 Å². The lowest BCUT2D eigenvalue weighted by molar-refractivity contribution is -0.147. The molecule has 2 rings (SSSR count). The van der Waals surface area contributed by atoms with Crippen molar-refractivity contribution in [2.24, 2.45) is 0 Å². The van der Waals surface area contributed by atoms with E-state index in [1.165, 1.54) is 7.05 Å². The first-order valence-electron chi connectivity index (χ1n) is 7.95. The van der Waals surface area contributed by atoms with Crippen LogP contribution in [0.25, 0.3) is 0 Å². The number of halogens is 1. The van der Waals surface area contributed by atoms with Crippen LogP contribution in [0.5, 0.6) is 0 Å². The van der Waals surface area contributed by atoms with Crippen LogP contribution in [0.2, 0.25) is 4.34 Å². The highest BCUT2D eigenvalue weighted by atomic mass is 35.5. The first-order valence-corrected chi connectivity index (χ1v) is 9.14. The van der Waals surface area contributed by atoms with Gasteiger partial charge in [0, 0.05) is 24.7 Å². The quantitative estimate of drug-likeness (QED) is 0.516. The summed E-state index contributed by atoms with van der Waals surface area (Å²) in [5.41, 5.74) is 0.923. The van der Waals surface area contributed by atoms with Crippen molar-refractivity contribution in [2.45, 2.75) is 12.8 Å². The molecule has 9 heteroatoms. The largest absolute Gasteiger partial charge is 0.456 e. The minimum absolute atomic E-state index is 0.0156. The van der Waals surface area contributed by atoms with E-state index in [0.29, 0.717) is 20.5 Å². The van der Waals surface area contributed by atoms with Crippen molar-refractivity contribution in [3.05, 3.63) is 51.2 Å². The van der Waals surface area contributed by atoms with E-state index in [4.69, 9.17) is 16.3 Å². The predicted molar refractivity (Wildman–Crippen MR) is 102 cm³/mol. The number of ketones is 1. The minimum Gasteiger partial charge on any atom is -0.456 e. The number of anilines is 1. The number of ether oxygens (including phenoxy) is 1. The van der Waals surface area contributed by atoms with Gasteiger partial charge < -0.3 is 15.4 Å². The molecule has 1 aromatic heterocycles. The number of benzene rings is 1. The molecule has 0 bridgehead atoms. The number of esters is 1. The van der Waals surface area contributed by atoms with E-state index in [-0.39, 0.29) is 24.5 Å². The lowest BCUT2D eigenvalue weighted by atomic mass is 10.2. The number of nitrogens with one attached hydrogen (secondary N) is 2. The van der Waals surface area contributed by atoms with E-state index < -0.39 is 18.5 Å². The SMILES string of the molecule is CNC(=O)c1ccc(NC(=O)COC(=O)CCC(=O)c2ccc(Cl)s2)cc1. The van der Waals surface area contributed by atoms with Crippen LogP contribution in [0, 0.1) is 0 Å². The van der Waals surface area contributed by atoms with Crippen LogP contribution >= 0.6 is 22.9 Å². The number of carbonyl (C=O) groups excluding carboxylic acids is 4. The predicted octanol–water partition coefficient (Wildman–Crippen LogP) is 2.91. The molecule has 7 nitrogen and oxygen atoms in total. The second kappa shape index (κ2) is 9.84. The Bertz CT molecular complexity index is 848. The highest BCUT2D eigenvalue weighted by Gasteiger charge is 2.13. The molecule has 0 aliphatic rings. The number of hydrogen-bond donors (Lipinski definition) is 2. The molecule has 1 aromatic carbocycles. The molecule has 2 aromatic rings. The zero-order valence-corrected chi connectivity index (χ0v) is 16.0. The number of carbonyl (C=O) groups is 4. The molecular formula is C18H17ClN2O5S. The molecule has 142 valence electrons. The lowest BCUT2D eigenvalue weighted by Gasteiger charge is -2.07. The Balaban J connectivity index is 1.72. The Morgan fingerprint density at radius 2 is 1.74 bits per heavy atom. The van der Waals surface area contributed by atoms with Crippen molar-refractivity contribution >= 4 is 52.2 Å². The summed E-state index contributed by atoms with van der Waals surface area (Å²) in [6.45, 7) is -0.463. The Kier molecular flexibility index (Phi) is 7.51. The molecular weight excluding hydrogens is 392 g/mol. The molecule has 0 unspecified atom stereocenters. The van der Waals surface area contributed by atoms with Crippen LogP contribution in [0.15, 0.2) is 36.4 Å². The van der Waals surface area contributed by atoms with E-state index in [2.05, 4.69) is 10.6 Å². The van der Waals surface area contributed by atoms with Gasteiger partial charge in [0.05, 0.1) is 15.6 Å². The number of hydrogen-bond acceptors (Lipinski definition) is 6. The van der Waals surface area contributed by atoms with Gasteiger partial charge in [-0.25, -0.2) is 0 Å². The van der Waals surface area contributed by atoms with Crippen molar-refractivity contribution in [1.82, 2.24) is 5.32 Å². The molecule has 2 amide bonds. The molecule has 2 N–H and O–H groups in total. The van der Waals surface area contributed by atoms with Crippen molar-refractivity contribution in [3.8, 4) is 0 Å². The maximum absolute atomic E-state index is 11.9. The zero-order chi connectivity index (χ0) is 19.8. The summed E-state index contributed by atoms with van der Waals surface area (Å²) in [5, 5.41) is 5.04. The average molecular weight is 409 g/mol. The second-order valence-corrected chi connectivity index (χ2v) is 7.11.